The number of halogens is 5. The maximum absolute atomic E-state index is 13.7. The quantitative estimate of drug-likeness (QED) is 0.595. The first-order chi connectivity index (χ1) is 15.7. The highest BCUT2D eigenvalue weighted by Crippen LogP contribution is 2.32. The first-order valence-electron chi connectivity index (χ1n) is 10.3. The van der Waals surface area contributed by atoms with Crippen molar-refractivity contribution in [3.05, 3.63) is 40.9 Å². The summed E-state index contributed by atoms with van der Waals surface area (Å²) >= 11 is 5.70. The van der Waals surface area contributed by atoms with Crippen molar-refractivity contribution in [2.75, 3.05) is 13.2 Å². The third kappa shape index (κ3) is 6.40. The average Bonchev–Trinajstić information content (AvgIpc) is 3.21. The van der Waals surface area contributed by atoms with Gasteiger partial charge in [-0.1, -0.05) is 16.8 Å². The Bertz CT molecular complexity index is 975. The molecule has 1 aliphatic carbocycles. The van der Waals surface area contributed by atoms with Crippen LogP contribution in [0.5, 0.6) is 0 Å². The van der Waals surface area contributed by atoms with E-state index in [0.717, 1.165) is 0 Å². The van der Waals surface area contributed by atoms with Crippen molar-refractivity contribution in [1.29, 1.82) is 0 Å². The molecule has 2 heterocycles. The number of benzene rings is 1. The van der Waals surface area contributed by atoms with Crippen LogP contribution < -0.4 is 5.32 Å². The predicted molar refractivity (Wildman–Crippen MR) is 106 cm³/mol. The summed E-state index contributed by atoms with van der Waals surface area (Å²) in [7, 11) is 0. The third-order valence-electron chi connectivity index (χ3n) is 5.45. The molecular formula is C20H21ClF4N4O4. The molecule has 0 unspecified atom stereocenters. The molecule has 0 bridgehead atoms. The maximum atomic E-state index is 13.7. The number of rotatable bonds is 7. The summed E-state index contributed by atoms with van der Waals surface area (Å²) in [5.41, 5.74) is 1.05. The van der Waals surface area contributed by atoms with Gasteiger partial charge in [0.05, 0.1) is 41.8 Å². The van der Waals surface area contributed by atoms with Crippen LogP contribution >= 0.6 is 11.6 Å². The Balaban J connectivity index is 1.17. The zero-order chi connectivity index (χ0) is 23.6. The van der Waals surface area contributed by atoms with Crippen molar-refractivity contribution in [3.63, 3.8) is 0 Å². The Morgan fingerprint density at radius 1 is 1.27 bits per heavy atom. The minimum absolute atomic E-state index is 0.0144. The molecule has 1 aliphatic heterocycles. The van der Waals surface area contributed by atoms with E-state index in [-0.39, 0.29) is 49.1 Å². The van der Waals surface area contributed by atoms with E-state index in [1.54, 1.807) is 12.3 Å². The van der Waals surface area contributed by atoms with Crippen molar-refractivity contribution in [3.8, 4) is 5.69 Å². The lowest BCUT2D eigenvalue weighted by molar-refractivity contribution is -0.357. The number of nitrogens with one attached hydrogen (secondary N) is 1. The van der Waals surface area contributed by atoms with E-state index >= 15 is 0 Å². The normalized spacial score (nSPS) is 25.5. The predicted octanol–water partition coefficient (Wildman–Crippen LogP) is 3.48. The van der Waals surface area contributed by atoms with Crippen LogP contribution in [-0.4, -0.2) is 58.7 Å². The molecule has 33 heavy (non-hydrogen) atoms. The standard InChI is InChI=1S/C20H21ClF4N4O4/c21-15-3-2-12(5-16(15)22)29-8-17(27-28-29)18-4-1-11(9-32-18)26-19(30)10-31-13-6-14(7-13)33-20(23,24)25/h2-3,5,8,11,13-14,18H,1,4,6-7,9-10H2,(H,26,30)/t11-,13-,14+,18+/m1/s1. The molecule has 4 rings (SSSR count). The molecule has 1 saturated carbocycles. The van der Waals surface area contributed by atoms with Gasteiger partial charge in [-0.15, -0.1) is 18.3 Å². The highest BCUT2D eigenvalue weighted by Gasteiger charge is 2.40. The van der Waals surface area contributed by atoms with Gasteiger partial charge in [-0.05, 0) is 25.0 Å². The van der Waals surface area contributed by atoms with E-state index in [0.29, 0.717) is 24.2 Å². The zero-order valence-electron chi connectivity index (χ0n) is 17.2. The van der Waals surface area contributed by atoms with Gasteiger partial charge in [0, 0.05) is 18.9 Å². The molecule has 1 aromatic heterocycles. The average molecular weight is 493 g/mol. The fourth-order valence-corrected chi connectivity index (χ4v) is 3.80. The Morgan fingerprint density at radius 3 is 2.73 bits per heavy atom. The van der Waals surface area contributed by atoms with Gasteiger partial charge in [0.1, 0.15) is 24.2 Å². The Morgan fingerprint density at radius 2 is 2.06 bits per heavy atom. The molecule has 2 aliphatic rings. The molecule has 1 aromatic carbocycles. The molecule has 1 saturated heterocycles. The summed E-state index contributed by atoms with van der Waals surface area (Å²) in [4.78, 5) is 12.1. The van der Waals surface area contributed by atoms with Crippen LogP contribution in [-0.2, 0) is 19.0 Å². The van der Waals surface area contributed by atoms with Crippen LogP contribution in [0.25, 0.3) is 5.69 Å². The van der Waals surface area contributed by atoms with Crippen LogP contribution in [0.2, 0.25) is 5.02 Å². The number of nitrogens with zero attached hydrogens (tertiary/aromatic N) is 3. The van der Waals surface area contributed by atoms with Crippen molar-refractivity contribution < 1.29 is 36.6 Å². The lowest BCUT2D eigenvalue weighted by atomic mass is 9.92. The number of alkyl halides is 3. The van der Waals surface area contributed by atoms with Gasteiger partial charge >= 0.3 is 6.36 Å². The molecule has 13 heteroatoms. The number of amides is 1. The van der Waals surface area contributed by atoms with E-state index < -0.39 is 24.4 Å². The summed E-state index contributed by atoms with van der Waals surface area (Å²) in [6, 6.07) is 4.08. The molecule has 2 atom stereocenters. The van der Waals surface area contributed by atoms with Crippen LogP contribution in [0.4, 0.5) is 17.6 Å². The van der Waals surface area contributed by atoms with Crippen molar-refractivity contribution in [1.82, 2.24) is 20.3 Å². The second kappa shape index (κ2) is 9.92. The van der Waals surface area contributed by atoms with Gasteiger partial charge in [0.15, 0.2) is 0 Å². The second-order valence-corrected chi connectivity index (χ2v) is 8.35. The highest BCUT2D eigenvalue weighted by atomic mass is 35.5. The fourth-order valence-electron chi connectivity index (χ4n) is 3.68. The number of hydrogen-bond donors (Lipinski definition) is 1. The molecule has 1 N–H and O–H groups in total. The lowest BCUT2D eigenvalue weighted by Crippen LogP contribution is -2.45. The number of aromatic nitrogens is 3. The molecule has 0 spiro atoms. The Labute approximate surface area is 191 Å². The van der Waals surface area contributed by atoms with Crippen molar-refractivity contribution in [2.45, 2.75) is 56.4 Å². The first-order valence-corrected chi connectivity index (χ1v) is 10.7. The Hall–Kier alpha value is -2.28. The molecule has 2 fully saturated rings. The second-order valence-electron chi connectivity index (χ2n) is 7.94. The molecule has 180 valence electrons. The first kappa shape index (κ1) is 23.9. The molecule has 2 aromatic rings. The Kier molecular flexibility index (Phi) is 7.17. The zero-order valence-corrected chi connectivity index (χ0v) is 18.0. The van der Waals surface area contributed by atoms with Crippen molar-refractivity contribution in [2.24, 2.45) is 0 Å². The highest BCUT2D eigenvalue weighted by molar-refractivity contribution is 6.30. The van der Waals surface area contributed by atoms with Crippen LogP contribution in [0.1, 0.15) is 37.5 Å². The minimum Gasteiger partial charge on any atom is -0.370 e. The summed E-state index contributed by atoms with van der Waals surface area (Å²) in [5.74, 6) is -0.924. The number of carbonyl (C=O) groups excluding carboxylic acids is 1. The van der Waals surface area contributed by atoms with Gasteiger partial charge in [-0.2, -0.15) is 0 Å². The topological polar surface area (TPSA) is 87.5 Å². The van der Waals surface area contributed by atoms with Crippen molar-refractivity contribution >= 4 is 17.5 Å². The minimum atomic E-state index is -4.66. The molecule has 8 nitrogen and oxygen atoms in total. The molecule has 1 amide bonds. The largest absolute Gasteiger partial charge is 0.522 e. The van der Waals surface area contributed by atoms with E-state index in [9.17, 15) is 22.4 Å². The van der Waals surface area contributed by atoms with E-state index in [1.807, 2.05) is 0 Å². The van der Waals surface area contributed by atoms with Gasteiger partial charge in [0.25, 0.3) is 0 Å². The molecular weight excluding hydrogens is 472 g/mol. The summed E-state index contributed by atoms with van der Waals surface area (Å²) in [5, 5.41) is 10.9. The van der Waals surface area contributed by atoms with E-state index in [4.69, 9.17) is 21.1 Å². The monoisotopic (exact) mass is 492 g/mol. The number of carbonyl (C=O) groups is 1. The van der Waals surface area contributed by atoms with E-state index in [2.05, 4.69) is 20.4 Å². The summed E-state index contributed by atoms with van der Waals surface area (Å²) in [6.07, 6.45) is -3.26. The number of hydrogen-bond acceptors (Lipinski definition) is 6. The van der Waals surface area contributed by atoms with Crippen LogP contribution in [0.15, 0.2) is 24.4 Å². The summed E-state index contributed by atoms with van der Waals surface area (Å²) in [6.45, 7) is 0.0130. The SMILES string of the molecule is O=C(CO[C@H]1C[C@@H](OC(F)(F)F)C1)N[C@@H]1CC[C@@H](c2cn(-c3ccc(Cl)c(F)c3)nn2)OC1. The lowest BCUT2D eigenvalue weighted by Gasteiger charge is -2.35. The van der Waals surface area contributed by atoms with Gasteiger partial charge in [-0.3, -0.25) is 9.53 Å². The molecule has 0 radical (unpaired) electrons. The van der Waals surface area contributed by atoms with Gasteiger partial charge < -0.3 is 14.8 Å². The van der Waals surface area contributed by atoms with E-state index in [1.165, 1.54) is 16.8 Å². The summed E-state index contributed by atoms with van der Waals surface area (Å²) < 4.78 is 66.4. The third-order valence-corrected chi connectivity index (χ3v) is 5.76. The van der Waals surface area contributed by atoms with Gasteiger partial charge in [0.2, 0.25) is 5.91 Å². The van der Waals surface area contributed by atoms with Crippen LogP contribution in [0, 0.1) is 5.82 Å². The van der Waals surface area contributed by atoms with Gasteiger partial charge in [-0.25, -0.2) is 9.07 Å². The fraction of sp³-hybridized carbons (Fsp3) is 0.550. The maximum Gasteiger partial charge on any atom is 0.522 e. The smallest absolute Gasteiger partial charge is 0.370 e. The number of ether oxygens (including phenoxy) is 3. The van der Waals surface area contributed by atoms with Crippen LogP contribution in [0.3, 0.4) is 0 Å².